The Labute approximate surface area is 124 Å². The van der Waals surface area contributed by atoms with Crippen molar-refractivity contribution in [2.45, 2.75) is 32.7 Å². The molecule has 1 aromatic heterocycles. The quantitative estimate of drug-likeness (QED) is 0.851. The zero-order valence-electron chi connectivity index (χ0n) is 12.2. The molecule has 108 valence electrons. The molecule has 0 spiro atoms. The van der Waals surface area contributed by atoms with Crippen LogP contribution in [0.2, 0.25) is 0 Å². The Hall–Kier alpha value is -1.46. The van der Waals surface area contributed by atoms with Crippen molar-refractivity contribution in [3.05, 3.63) is 40.4 Å². The van der Waals surface area contributed by atoms with Gasteiger partial charge in [0.2, 0.25) is 0 Å². The van der Waals surface area contributed by atoms with Crippen LogP contribution in [0.15, 0.2) is 24.3 Å². The Bertz CT molecular complexity index is 541. The highest BCUT2D eigenvalue weighted by molar-refractivity contribution is 7.05. The van der Waals surface area contributed by atoms with E-state index in [4.69, 9.17) is 4.74 Å². The van der Waals surface area contributed by atoms with Crippen LogP contribution >= 0.6 is 11.5 Å². The number of hydrogen-bond donors (Lipinski definition) is 1. The standard InChI is InChI=1S/C15H21N3OS/c1-4-10-19-13-9-7-6-8-11(13)14(16-3)15-12(5-2)17-18-20-15/h6-9,14,16H,4-5,10H2,1-3H3. The van der Waals surface area contributed by atoms with Crippen molar-refractivity contribution in [3.63, 3.8) is 0 Å². The summed E-state index contributed by atoms with van der Waals surface area (Å²) in [7, 11) is 1.96. The van der Waals surface area contributed by atoms with Crippen LogP contribution in [0.1, 0.15) is 42.4 Å². The molecule has 5 heteroatoms. The SMILES string of the molecule is CCCOc1ccccc1C(NC)c1snnc1CC. The van der Waals surface area contributed by atoms with Gasteiger partial charge in [-0.15, -0.1) is 5.10 Å². The van der Waals surface area contributed by atoms with Gasteiger partial charge < -0.3 is 10.1 Å². The summed E-state index contributed by atoms with van der Waals surface area (Å²) in [5.41, 5.74) is 2.20. The van der Waals surface area contributed by atoms with E-state index < -0.39 is 0 Å². The van der Waals surface area contributed by atoms with Crippen LogP contribution in [0.4, 0.5) is 0 Å². The molecule has 0 amide bonds. The van der Waals surface area contributed by atoms with E-state index in [0.29, 0.717) is 0 Å². The molecular formula is C15H21N3OS. The molecule has 1 atom stereocenters. The highest BCUT2D eigenvalue weighted by atomic mass is 32.1. The van der Waals surface area contributed by atoms with E-state index in [2.05, 4.69) is 34.8 Å². The lowest BCUT2D eigenvalue weighted by molar-refractivity contribution is 0.312. The Morgan fingerprint density at radius 3 is 2.80 bits per heavy atom. The molecule has 20 heavy (non-hydrogen) atoms. The van der Waals surface area contributed by atoms with E-state index in [1.807, 2.05) is 25.2 Å². The van der Waals surface area contributed by atoms with Crippen LogP contribution in [-0.4, -0.2) is 23.2 Å². The molecule has 1 unspecified atom stereocenters. The zero-order chi connectivity index (χ0) is 14.4. The Morgan fingerprint density at radius 2 is 2.10 bits per heavy atom. The summed E-state index contributed by atoms with van der Waals surface area (Å²) < 4.78 is 9.95. The molecule has 0 aliphatic heterocycles. The van der Waals surface area contributed by atoms with Crippen molar-refractivity contribution in [2.24, 2.45) is 0 Å². The van der Waals surface area contributed by atoms with Crippen molar-refractivity contribution in [2.75, 3.05) is 13.7 Å². The molecule has 0 saturated carbocycles. The topological polar surface area (TPSA) is 47.0 Å². The number of aryl methyl sites for hydroxylation is 1. The number of rotatable bonds is 7. The molecular weight excluding hydrogens is 270 g/mol. The molecule has 0 saturated heterocycles. The van der Waals surface area contributed by atoms with Gasteiger partial charge in [0.1, 0.15) is 5.75 Å². The summed E-state index contributed by atoms with van der Waals surface area (Å²) >= 11 is 1.46. The molecule has 4 nitrogen and oxygen atoms in total. The first-order valence-electron chi connectivity index (χ1n) is 7.01. The summed E-state index contributed by atoms with van der Waals surface area (Å²) in [6, 6.07) is 8.25. The lowest BCUT2D eigenvalue weighted by atomic mass is 10.0. The molecule has 1 heterocycles. The minimum absolute atomic E-state index is 0.0815. The second-order valence-electron chi connectivity index (χ2n) is 4.55. The zero-order valence-corrected chi connectivity index (χ0v) is 13.0. The van der Waals surface area contributed by atoms with Crippen molar-refractivity contribution < 1.29 is 4.74 Å². The minimum Gasteiger partial charge on any atom is -0.493 e. The number of nitrogens with zero attached hydrogens (tertiary/aromatic N) is 2. The van der Waals surface area contributed by atoms with Crippen molar-refractivity contribution >= 4 is 11.5 Å². The maximum Gasteiger partial charge on any atom is 0.124 e. The lowest BCUT2D eigenvalue weighted by Gasteiger charge is -2.19. The largest absolute Gasteiger partial charge is 0.493 e. The van der Waals surface area contributed by atoms with E-state index in [1.165, 1.54) is 16.4 Å². The summed E-state index contributed by atoms with van der Waals surface area (Å²) in [5.74, 6) is 0.934. The van der Waals surface area contributed by atoms with Gasteiger partial charge in [0.25, 0.3) is 0 Å². The van der Waals surface area contributed by atoms with E-state index in [1.54, 1.807) is 0 Å². The number of aromatic nitrogens is 2. The second kappa shape index (κ2) is 7.36. The minimum atomic E-state index is 0.0815. The van der Waals surface area contributed by atoms with Crippen molar-refractivity contribution in [1.29, 1.82) is 0 Å². The highest BCUT2D eigenvalue weighted by Gasteiger charge is 2.21. The summed E-state index contributed by atoms with van der Waals surface area (Å²) in [6.07, 6.45) is 1.89. The maximum absolute atomic E-state index is 5.86. The van der Waals surface area contributed by atoms with Gasteiger partial charge in [-0.2, -0.15) is 0 Å². The molecule has 2 aromatic rings. The number of benzene rings is 1. The third-order valence-electron chi connectivity index (χ3n) is 3.16. The van der Waals surface area contributed by atoms with Crippen LogP contribution in [0.25, 0.3) is 0 Å². The van der Waals surface area contributed by atoms with Gasteiger partial charge >= 0.3 is 0 Å². The molecule has 1 N–H and O–H groups in total. The summed E-state index contributed by atoms with van der Waals surface area (Å²) in [5, 5.41) is 7.57. The predicted octanol–water partition coefficient (Wildman–Crippen LogP) is 3.20. The fourth-order valence-corrected chi connectivity index (χ4v) is 3.04. The molecule has 0 radical (unpaired) electrons. The lowest BCUT2D eigenvalue weighted by Crippen LogP contribution is -2.19. The van der Waals surface area contributed by atoms with Crippen LogP contribution in [0.5, 0.6) is 5.75 Å². The molecule has 0 aliphatic carbocycles. The van der Waals surface area contributed by atoms with Gasteiger partial charge in [-0.1, -0.05) is 36.5 Å². The molecule has 0 fully saturated rings. The summed E-state index contributed by atoms with van der Waals surface area (Å²) in [6.45, 7) is 4.95. The normalized spacial score (nSPS) is 12.3. The second-order valence-corrected chi connectivity index (χ2v) is 5.33. The van der Waals surface area contributed by atoms with Crippen molar-refractivity contribution in [3.8, 4) is 5.75 Å². The average molecular weight is 291 g/mol. The van der Waals surface area contributed by atoms with Gasteiger partial charge in [0.05, 0.1) is 23.2 Å². The number of ether oxygens (including phenoxy) is 1. The first kappa shape index (κ1) is 14.9. The first-order chi connectivity index (χ1) is 9.81. The van der Waals surface area contributed by atoms with E-state index in [0.717, 1.165) is 36.5 Å². The fraction of sp³-hybridized carbons (Fsp3) is 0.467. The van der Waals surface area contributed by atoms with E-state index in [-0.39, 0.29) is 6.04 Å². The predicted molar refractivity (Wildman–Crippen MR) is 82.4 cm³/mol. The Balaban J connectivity index is 2.36. The van der Waals surface area contributed by atoms with Gasteiger partial charge in [-0.05, 0) is 37.5 Å². The molecule has 1 aromatic carbocycles. The Morgan fingerprint density at radius 1 is 1.30 bits per heavy atom. The van der Waals surface area contributed by atoms with Crippen LogP contribution < -0.4 is 10.1 Å². The van der Waals surface area contributed by atoms with Crippen LogP contribution in [0, 0.1) is 0 Å². The van der Waals surface area contributed by atoms with Crippen LogP contribution in [-0.2, 0) is 6.42 Å². The van der Waals surface area contributed by atoms with Gasteiger partial charge in [0.15, 0.2) is 0 Å². The number of nitrogens with one attached hydrogen (secondary N) is 1. The van der Waals surface area contributed by atoms with Gasteiger partial charge in [-0.3, -0.25) is 0 Å². The smallest absolute Gasteiger partial charge is 0.124 e. The molecule has 0 bridgehead atoms. The average Bonchev–Trinajstić information content (AvgIpc) is 2.95. The molecule has 2 rings (SSSR count). The summed E-state index contributed by atoms with van der Waals surface area (Å²) in [4.78, 5) is 1.17. The fourth-order valence-electron chi connectivity index (χ4n) is 2.17. The first-order valence-corrected chi connectivity index (χ1v) is 7.79. The molecule has 0 aliphatic rings. The van der Waals surface area contributed by atoms with Crippen molar-refractivity contribution in [1.82, 2.24) is 14.9 Å². The van der Waals surface area contributed by atoms with Crippen LogP contribution in [0.3, 0.4) is 0 Å². The highest BCUT2D eigenvalue weighted by Crippen LogP contribution is 2.33. The maximum atomic E-state index is 5.86. The third-order valence-corrected chi connectivity index (χ3v) is 3.99. The third kappa shape index (κ3) is 3.16. The monoisotopic (exact) mass is 291 g/mol. The Kier molecular flexibility index (Phi) is 5.49. The van der Waals surface area contributed by atoms with E-state index >= 15 is 0 Å². The van der Waals surface area contributed by atoms with Gasteiger partial charge in [-0.25, -0.2) is 0 Å². The van der Waals surface area contributed by atoms with E-state index in [9.17, 15) is 0 Å². The van der Waals surface area contributed by atoms with Gasteiger partial charge in [0, 0.05) is 5.56 Å². The number of para-hydroxylation sites is 1. The number of hydrogen-bond acceptors (Lipinski definition) is 5.